The minimum atomic E-state index is -0.0912. The zero-order valence-corrected chi connectivity index (χ0v) is 18.6. The Morgan fingerprint density at radius 1 is 1.00 bits per heavy atom. The molecule has 0 aliphatic carbocycles. The molecule has 1 amide bonds. The molecule has 8 heteroatoms. The molecule has 4 aromatic rings. The summed E-state index contributed by atoms with van der Waals surface area (Å²) in [7, 11) is 0. The molecule has 154 valence electrons. The second-order valence-electron chi connectivity index (χ2n) is 7.10. The first-order chi connectivity index (χ1) is 15.1. The van der Waals surface area contributed by atoms with E-state index in [1.54, 1.807) is 11.8 Å². The second kappa shape index (κ2) is 8.05. The van der Waals surface area contributed by atoms with Crippen molar-refractivity contribution in [3.05, 3.63) is 83.4 Å². The van der Waals surface area contributed by atoms with Crippen molar-refractivity contribution < 1.29 is 4.79 Å². The third-order valence-electron chi connectivity index (χ3n) is 4.80. The van der Waals surface area contributed by atoms with Crippen molar-refractivity contribution in [3.63, 3.8) is 0 Å². The van der Waals surface area contributed by atoms with Gasteiger partial charge in [0, 0.05) is 17.4 Å². The molecule has 3 heterocycles. The smallest absolute Gasteiger partial charge is 0.221 e. The number of amides is 1. The molecule has 2 aromatic heterocycles. The van der Waals surface area contributed by atoms with Gasteiger partial charge in [-0.15, -0.1) is 21.5 Å². The molecular weight excluding hydrogens is 426 g/mol. The zero-order valence-electron chi connectivity index (χ0n) is 16.9. The largest absolute Gasteiger partial charge is 0.318 e. The van der Waals surface area contributed by atoms with Crippen molar-refractivity contribution in [1.82, 2.24) is 14.9 Å². The van der Waals surface area contributed by atoms with Gasteiger partial charge in [-0.05, 0) is 35.9 Å². The molecule has 0 spiro atoms. The molecule has 0 unspecified atom stereocenters. The predicted molar refractivity (Wildman–Crippen MR) is 127 cm³/mol. The van der Waals surface area contributed by atoms with Crippen LogP contribution in [0.2, 0.25) is 0 Å². The highest BCUT2D eigenvalue weighted by Crippen LogP contribution is 2.44. The summed E-state index contributed by atoms with van der Waals surface area (Å²) < 4.78 is 1.93. The molecule has 0 bridgehead atoms. The Morgan fingerprint density at radius 2 is 1.68 bits per heavy atom. The Balaban J connectivity index is 1.60. The van der Waals surface area contributed by atoms with Crippen molar-refractivity contribution in [2.45, 2.75) is 19.0 Å². The number of nitrogens with one attached hydrogen (secondary N) is 2. The number of aromatic nitrogens is 3. The molecule has 1 aliphatic heterocycles. The number of carbonyl (C=O) groups is 1. The van der Waals surface area contributed by atoms with E-state index in [1.165, 1.54) is 18.3 Å². The lowest BCUT2D eigenvalue weighted by atomic mass is 10.1. The highest BCUT2D eigenvalue weighted by atomic mass is 32.2. The Bertz CT molecular complexity index is 1290. The quantitative estimate of drug-likeness (QED) is 0.437. The highest BCUT2D eigenvalue weighted by Gasteiger charge is 2.27. The van der Waals surface area contributed by atoms with Gasteiger partial charge in [-0.2, -0.15) is 0 Å². The van der Waals surface area contributed by atoms with Gasteiger partial charge in [0.1, 0.15) is 0 Å². The summed E-state index contributed by atoms with van der Waals surface area (Å²) in [4.78, 5) is 13.5. The first-order valence-electron chi connectivity index (χ1n) is 9.74. The number of anilines is 1. The summed E-state index contributed by atoms with van der Waals surface area (Å²) >= 11 is 3.09. The molecule has 2 N–H and O–H groups in total. The predicted octanol–water partition coefficient (Wildman–Crippen LogP) is 5.45. The highest BCUT2D eigenvalue weighted by molar-refractivity contribution is 8.08. The number of benzene rings is 2. The summed E-state index contributed by atoms with van der Waals surface area (Å²) in [5.74, 6) is 0.633. The fourth-order valence-corrected chi connectivity index (χ4v) is 5.52. The van der Waals surface area contributed by atoms with Gasteiger partial charge < -0.3 is 5.32 Å². The maximum atomic E-state index is 11.5. The summed E-state index contributed by atoms with van der Waals surface area (Å²) in [6, 6.07) is 22.5. The van der Waals surface area contributed by atoms with Crippen LogP contribution in [0, 0.1) is 6.92 Å². The van der Waals surface area contributed by atoms with Gasteiger partial charge in [-0.3, -0.25) is 10.2 Å². The Morgan fingerprint density at radius 3 is 2.35 bits per heavy atom. The zero-order chi connectivity index (χ0) is 21.4. The van der Waals surface area contributed by atoms with E-state index in [-0.39, 0.29) is 5.91 Å². The molecule has 0 saturated heterocycles. The van der Waals surface area contributed by atoms with E-state index in [4.69, 9.17) is 0 Å². The van der Waals surface area contributed by atoms with Crippen molar-refractivity contribution in [3.8, 4) is 10.7 Å². The normalized spacial score (nSPS) is 13.0. The topological polar surface area (TPSA) is 71.8 Å². The van der Waals surface area contributed by atoms with E-state index in [0.29, 0.717) is 0 Å². The van der Waals surface area contributed by atoms with Crippen LogP contribution in [-0.2, 0) is 4.79 Å². The third kappa shape index (κ3) is 3.75. The Kier molecular flexibility index (Phi) is 5.09. The number of nitrogens with zero attached hydrogens (tertiary/aromatic N) is 3. The van der Waals surface area contributed by atoms with E-state index < -0.39 is 0 Å². The number of hydrogen-bond donors (Lipinski definition) is 2. The van der Waals surface area contributed by atoms with Gasteiger partial charge in [0.05, 0.1) is 15.6 Å². The number of hydrogen-bond acceptors (Lipinski definition) is 6. The van der Waals surface area contributed by atoms with Gasteiger partial charge in [0.25, 0.3) is 0 Å². The lowest BCUT2D eigenvalue weighted by molar-refractivity contribution is -0.114. The number of thioether (sulfide) groups is 1. The Labute approximate surface area is 188 Å². The summed E-state index contributed by atoms with van der Waals surface area (Å²) in [6.45, 7) is 3.52. The van der Waals surface area contributed by atoms with Crippen LogP contribution in [0.3, 0.4) is 0 Å². The average molecular weight is 446 g/mol. The number of fused-ring (bicyclic) bond motifs is 1. The van der Waals surface area contributed by atoms with E-state index in [0.717, 1.165) is 48.2 Å². The van der Waals surface area contributed by atoms with Crippen LogP contribution in [0.25, 0.3) is 21.3 Å². The van der Waals surface area contributed by atoms with E-state index in [9.17, 15) is 4.79 Å². The molecule has 6 nitrogen and oxygen atoms in total. The van der Waals surface area contributed by atoms with Crippen LogP contribution in [0.4, 0.5) is 5.00 Å². The first-order valence-corrected chi connectivity index (χ1v) is 11.4. The molecular formula is C23H19N5OS2. The lowest BCUT2D eigenvalue weighted by Crippen LogP contribution is -2.20. The standard InChI is InChI=1S/C23H19N5OS2/c1-14-13-18(24-15(2)29)30-20(14)22-25-26-23-28(22)27-19(16-9-5-3-6-10-16)21(31-23)17-11-7-4-8-12-17/h3-13,27H,1-2H3,(H,24,29). The van der Waals surface area contributed by atoms with Crippen molar-refractivity contribution in [1.29, 1.82) is 0 Å². The van der Waals surface area contributed by atoms with Crippen molar-refractivity contribution in [2.75, 3.05) is 10.7 Å². The summed E-state index contributed by atoms with van der Waals surface area (Å²) in [6.07, 6.45) is 0. The lowest BCUT2D eigenvalue weighted by Gasteiger charge is -2.24. The van der Waals surface area contributed by atoms with Crippen LogP contribution >= 0.6 is 23.1 Å². The van der Waals surface area contributed by atoms with E-state index >= 15 is 0 Å². The number of aryl methyl sites for hydroxylation is 1. The molecule has 0 atom stereocenters. The van der Waals surface area contributed by atoms with E-state index in [1.807, 2.05) is 54.1 Å². The van der Waals surface area contributed by atoms with Crippen molar-refractivity contribution >= 4 is 44.6 Å². The second-order valence-corrected chi connectivity index (χ2v) is 9.13. The summed E-state index contributed by atoms with van der Waals surface area (Å²) in [5.41, 5.74) is 7.80. The molecule has 31 heavy (non-hydrogen) atoms. The number of rotatable bonds is 4. The van der Waals surface area contributed by atoms with Crippen LogP contribution < -0.4 is 10.7 Å². The maximum Gasteiger partial charge on any atom is 0.221 e. The van der Waals surface area contributed by atoms with Crippen LogP contribution in [0.15, 0.2) is 71.9 Å². The average Bonchev–Trinajstić information content (AvgIpc) is 3.35. The SMILES string of the molecule is CC(=O)Nc1cc(C)c(-c2nnc3n2NC(c2ccccc2)=C(c2ccccc2)S3)s1. The molecule has 0 fully saturated rings. The molecule has 0 saturated carbocycles. The van der Waals surface area contributed by atoms with E-state index in [2.05, 4.69) is 45.2 Å². The van der Waals surface area contributed by atoms with Gasteiger partial charge in [-0.25, -0.2) is 4.68 Å². The van der Waals surface area contributed by atoms with Crippen LogP contribution in [0.5, 0.6) is 0 Å². The van der Waals surface area contributed by atoms with Gasteiger partial charge >= 0.3 is 0 Å². The van der Waals surface area contributed by atoms with Gasteiger partial charge in [0.15, 0.2) is 5.82 Å². The maximum absolute atomic E-state index is 11.5. The number of thiophene rings is 1. The minimum Gasteiger partial charge on any atom is -0.318 e. The third-order valence-corrected chi connectivity index (χ3v) is 7.04. The molecule has 1 aliphatic rings. The fraction of sp³-hybridized carbons (Fsp3) is 0.0870. The number of carbonyl (C=O) groups excluding carboxylic acids is 1. The fourth-order valence-electron chi connectivity index (χ4n) is 3.42. The van der Waals surface area contributed by atoms with Gasteiger partial charge in [-0.1, -0.05) is 60.7 Å². The molecule has 5 rings (SSSR count). The summed E-state index contributed by atoms with van der Waals surface area (Å²) in [5, 5.41) is 13.3. The van der Waals surface area contributed by atoms with Crippen LogP contribution in [-0.4, -0.2) is 20.8 Å². The first kappa shape index (κ1) is 19.6. The Hall–Kier alpha value is -3.36. The molecule has 2 aromatic carbocycles. The monoisotopic (exact) mass is 445 g/mol. The van der Waals surface area contributed by atoms with Crippen LogP contribution in [0.1, 0.15) is 23.6 Å². The van der Waals surface area contributed by atoms with Crippen molar-refractivity contribution in [2.24, 2.45) is 0 Å². The minimum absolute atomic E-state index is 0.0912. The van der Waals surface area contributed by atoms with Gasteiger partial charge in [0.2, 0.25) is 11.1 Å². The molecule has 0 radical (unpaired) electrons.